The van der Waals surface area contributed by atoms with Crippen LogP contribution in [0.1, 0.15) is 11.3 Å². The molecule has 84 valence electrons. The van der Waals surface area contributed by atoms with Gasteiger partial charge < -0.3 is 15.8 Å². The number of nitrogens with one attached hydrogen (secondary N) is 1. The van der Waals surface area contributed by atoms with Gasteiger partial charge in [0.05, 0.1) is 0 Å². The Morgan fingerprint density at radius 1 is 1.41 bits per heavy atom. The molecule has 3 rings (SSSR count). The number of aromatic amines is 1. The van der Waals surface area contributed by atoms with Gasteiger partial charge >= 0.3 is 0 Å². The number of fused-ring (bicyclic) bond motifs is 1. The molecule has 0 unspecified atom stereocenters. The third kappa shape index (κ3) is 1.55. The molecule has 0 saturated carbocycles. The first-order valence-electron chi connectivity index (χ1n) is 4.99. The van der Waals surface area contributed by atoms with Crippen LogP contribution in [-0.2, 0) is 0 Å². The Morgan fingerprint density at radius 2 is 2.29 bits per heavy atom. The number of H-pyrrole nitrogens is 1. The molecule has 0 amide bonds. The minimum Gasteiger partial charge on any atom is -0.492 e. The van der Waals surface area contributed by atoms with Gasteiger partial charge in [-0.25, -0.2) is 9.98 Å². The van der Waals surface area contributed by atoms with Crippen LogP contribution < -0.4 is 5.73 Å². The van der Waals surface area contributed by atoms with E-state index in [9.17, 15) is 5.11 Å². The predicted octanol–water partition coefficient (Wildman–Crippen LogP) is 1.35. The number of aromatic hydroxyl groups is 1. The Balaban J connectivity index is 2.08. The number of nitrogens with zero attached hydrogens (tertiary/aromatic N) is 3. The molecule has 6 nitrogen and oxygen atoms in total. The average molecular weight is 227 g/mol. The fraction of sp³-hybridized carbons (Fsp3) is 0. The van der Waals surface area contributed by atoms with E-state index in [1.165, 1.54) is 0 Å². The second-order valence-corrected chi connectivity index (χ2v) is 3.59. The number of nitrogen functional groups attached to an aromatic ring is 1. The van der Waals surface area contributed by atoms with Crippen molar-refractivity contribution >= 4 is 29.6 Å². The number of imidazole rings is 1. The highest BCUT2D eigenvalue weighted by Gasteiger charge is 2.14. The van der Waals surface area contributed by atoms with Crippen LogP contribution in [0.2, 0.25) is 0 Å². The second-order valence-electron chi connectivity index (χ2n) is 3.59. The minimum absolute atomic E-state index is 0.124. The van der Waals surface area contributed by atoms with Gasteiger partial charge in [0.1, 0.15) is 5.69 Å². The average Bonchev–Trinajstić information content (AvgIpc) is 2.85. The van der Waals surface area contributed by atoms with Crippen molar-refractivity contribution in [2.45, 2.75) is 0 Å². The van der Waals surface area contributed by atoms with Crippen molar-refractivity contribution in [3.05, 3.63) is 29.6 Å². The van der Waals surface area contributed by atoms with Crippen molar-refractivity contribution in [3.63, 3.8) is 0 Å². The van der Waals surface area contributed by atoms with Gasteiger partial charge in [-0.2, -0.15) is 4.98 Å². The summed E-state index contributed by atoms with van der Waals surface area (Å²) in [5.41, 5.74) is 7.68. The minimum atomic E-state index is -0.124. The number of nitrogens with two attached hydrogens (primary N) is 1. The number of allylic oxidation sites excluding steroid dienone is 1. The topological polar surface area (TPSA) is 100 Å². The fourth-order valence-corrected chi connectivity index (χ4v) is 1.69. The maximum atomic E-state index is 9.51. The van der Waals surface area contributed by atoms with E-state index in [0.717, 1.165) is 11.1 Å². The molecular weight excluding hydrogens is 218 g/mol. The van der Waals surface area contributed by atoms with E-state index >= 15 is 0 Å². The van der Waals surface area contributed by atoms with Crippen molar-refractivity contribution in [2.24, 2.45) is 4.99 Å². The molecule has 0 saturated heterocycles. The summed E-state index contributed by atoms with van der Waals surface area (Å²) in [6.07, 6.45) is 5.11. The molecule has 0 fully saturated rings. The summed E-state index contributed by atoms with van der Waals surface area (Å²) in [4.78, 5) is 14.7. The van der Waals surface area contributed by atoms with E-state index in [2.05, 4.69) is 19.9 Å². The largest absolute Gasteiger partial charge is 0.492 e. The lowest BCUT2D eigenvalue weighted by molar-refractivity contribution is 0.456. The monoisotopic (exact) mass is 227 g/mol. The predicted molar refractivity (Wildman–Crippen MR) is 64.9 cm³/mol. The summed E-state index contributed by atoms with van der Waals surface area (Å²) >= 11 is 0. The third-order valence-corrected chi connectivity index (χ3v) is 2.45. The smallest absolute Gasteiger partial charge is 0.238 e. The molecule has 1 aliphatic rings. The van der Waals surface area contributed by atoms with Gasteiger partial charge in [0.25, 0.3) is 0 Å². The molecule has 0 aliphatic carbocycles. The Kier molecular flexibility index (Phi) is 1.94. The van der Waals surface area contributed by atoms with E-state index in [1.54, 1.807) is 18.5 Å². The molecule has 0 bridgehead atoms. The summed E-state index contributed by atoms with van der Waals surface area (Å²) in [5.74, 6) is 0.724. The summed E-state index contributed by atoms with van der Waals surface area (Å²) in [6.45, 7) is 0. The van der Waals surface area contributed by atoms with Gasteiger partial charge in [-0.1, -0.05) is 0 Å². The lowest BCUT2D eigenvalue weighted by atomic mass is 10.1. The molecule has 0 atom stereocenters. The van der Waals surface area contributed by atoms with Crippen LogP contribution in [0.15, 0.2) is 23.3 Å². The van der Waals surface area contributed by atoms with Gasteiger partial charge in [-0.3, -0.25) is 0 Å². The van der Waals surface area contributed by atoms with Crippen LogP contribution in [0, 0.1) is 0 Å². The number of aromatic nitrogens is 3. The lowest BCUT2D eigenvalue weighted by Crippen LogP contribution is -1.86. The Morgan fingerprint density at radius 3 is 3.06 bits per heavy atom. The highest BCUT2D eigenvalue weighted by Crippen LogP contribution is 2.31. The number of rotatable bonds is 1. The van der Waals surface area contributed by atoms with Gasteiger partial charge in [0.2, 0.25) is 11.8 Å². The van der Waals surface area contributed by atoms with E-state index in [0.29, 0.717) is 11.5 Å². The number of aliphatic imine (C=N–C) groups is 1. The van der Waals surface area contributed by atoms with E-state index in [-0.39, 0.29) is 11.8 Å². The quantitative estimate of drug-likeness (QED) is 0.684. The number of hydrogen-bond donors (Lipinski definition) is 3. The zero-order chi connectivity index (χ0) is 11.8. The molecule has 1 aliphatic heterocycles. The first-order chi connectivity index (χ1) is 8.24. The van der Waals surface area contributed by atoms with Crippen molar-refractivity contribution in [3.8, 4) is 5.88 Å². The number of pyridine rings is 1. The first-order valence-corrected chi connectivity index (χ1v) is 4.99. The van der Waals surface area contributed by atoms with Crippen LogP contribution in [-0.4, -0.2) is 26.3 Å². The lowest BCUT2D eigenvalue weighted by Gasteiger charge is -1.97. The summed E-state index contributed by atoms with van der Waals surface area (Å²) in [5, 5.41) is 9.51. The molecule has 3 heterocycles. The maximum absolute atomic E-state index is 9.51. The van der Waals surface area contributed by atoms with E-state index in [1.807, 2.05) is 12.1 Å². The third-order valence-electron chi connectivity index (χ3n) is 2.45. The Labute approximate surface area is 96.6 Å². The molecule has 17 heavy (non-hydrogen) atoms. The first kappa shape index (κ1) is 9.59. The molecule has 0 aromatic carbocycles. The summed E-state index contributed by atoms with van der Waals surface area (Å²) in [6, 6.07) is 3.75. The summed E-state index contributed by atoms with van der Waals surface area (Å²) < 4.78 is 0. The molecule has 0 spiro atoms. The van der Waals surface area contributed by atoms with Gasteiger partial charge in [-0.15, -0.1) is 0 Å². The Hall–Kier alpha value is -2.63. The standard InChI is InChI=1S/C11H9N5O/c12-11-15-8(10(17)16-11)4-6-5-14-9-7(6)2-1-3-13-9/h1-5,17H,(H3,12,15,16). The molecule has 0 radical (unpaired) electrons. The molecule has 2 aromatic rings. The van der Waals surface area contributed by atoms with Crippen LogP contribution in [0.4, 0.5) is 11.8 Å². The van der Waals surface area contributed by atoms with Crippen molar-refractivity contribution in [1.82, 2.24) is 15.0 Å². The highest BCUT2D eigenvalue weighted by atomic mass is 16.3. The maximum Gasteiger partial charge on any atom is 0.238 e. The van der Waals surface area contributed by atoms with Crippen molar-refractivity contribution < 1.29 is 5.11 Å². The van der Waals surface area contributed by atoms with Crippen LogP contribution in [0.3, 0.4) is 0 Å². The second kappa shape index (κ2) is 3.44. The zero-order valence-corrected chi connectivity index (χ0v) is 8.75. The Bertz CT molecular complexity index is 641. The normalized spacial score (nSPS) is 15.4. The van der Waals surface area contributed by atoms with Crippen molar-refractivity contribution in [2.75, 3.05) is 5.73 Å². The van der Waals surface area contributed by atoms with Gasteiger partial charge in [0.15, 0.2) is 5.82 Å². The highest BCUT2D eigenvalue weighted by molar-refractivity contribution is 6.20. The van der Waals surface area contributed by atoms with Crippen LogP contribution >= 0.6 is 0 Å². The van der Waals surface area contributed by atoms with Crippen LogP contribution in [0.25, 0.3) is 11.6 Å². The fourth-order valence-electron chi connectivity index (χ4n) is 1.69. The molecular formula is C11H9N5O. The van der Waals surface area contributed by atoms with E-state index < -0.39 is 0 Å². The van der Waals surface area contributed by atoms with Crippen LogP contribution in [0.5, 0.6) is 5.88 Å². The SMILES string of the molecule is Nc1nc(O)c(C=C2C=Nc3ncccc32)[nH]1. The number of hydrogen-bond acceptors (Lipinski definition) is 5. The van der Waals surface area contributed by atoms with Crippen molar-refractivity contribution in [1.29, 1.82) is 0 Å². The summed E-state index contributed by atoms with van der Waals surface area (Å²) in [7, 11) is 0. The molecule has 2 aromatic heterocycles. The molecule has 4 N–H and O–H groups in total. The van der Waals surface area contributed by atoms with Gasteiger partial charge in [0, 0.05) is 23.5 Å². The van der Waals surface area contributed by atoms with Gasteiger partial charge in [-0.05, 0) is 18.2 Å². The molecule has 6 heteroatoms. The number of anilines is 1. The van der Waals surface area contributed by atoms with E-state index in [4.69, 9.17) is 5.73 Å². The zero-order valence-electron chi connectivity index (χ0n) is 8.75.